The van der Waals surface area contributed by atoms with Crippen molar-refractivity contribution in [1.82, 2.24) is 14.8 Å². The quantitative estimate of drug-likeness (QED) is 0.709. The van der Waals surface area contributed by atoms with Crippen LogP contribution in [0.1, 0.15) is 25.6 Å². The summed E-state index contributed by atoms with van der Waals surface area (Å²) in [6.07, 6.45) is 0. The van der Waals surface area contributed by atoms with Gasteiger partial charge in [-0.3, -0.25) is 4.68 Å². The van der Waals surface area contributed by atoms with E-state index in [2.05, 4.69) is 46.5 Å². The minimum atomic E-state index is 0.459. The fraction of sp³-hybridized carbons (Fsp3) is 0.667. The molecule has 0 atom stereocenters. The lowest BCUT2D eigenvalue weighted by molar-refractivity contribution is 0.654. The minimum Gasteiger partial charge on any atom is -0.252 e. The van der Waals surface area contributed by atoms with Crippen molar-refractivity contribution in [3.8, 4) is 0 Å². The highest BCUT2D eigenvalue weighted by Gasteiger charge is 2.07. The Morgan fingerprint density at radius 2 is 2.10 bits per heavy atom. The average molecular weight is 251 g/mol. The van der Waals surface area contributed by atoms with Gasteiger partial charge in [-0.2, -0.15) is 0 Å². The second-order valence-electron chi connectivity index (χ2n) is 2.52. The maximum Gasteiger partial charge on any atom is 0.211 e. The van der Waals surface area contributed by atoms with Crippen molar-refractivity contribution in [2.24, 2.45) is 7.05 Å². The molecule has 1 aromatic heterocycles. The van der Waals surface area contributed by atoms with Crippen LogP contribution in [0.2, 0.25) is 0 Å². The van der Waals surface area contributed by atoms with Gasteiger partial charge in [0.15, 0.2) is 0 Å². The van der Waals surface area contributed by atoms with E-state index >= 15 is 0 Å². The number of rotatable bonds is 1. The van der Waals surface area contributed by atoms with Gasteiger partial charge >= 0.3 is 0 Å². The summed E-state index contributed by atoms with van der Waals surface area (Å²) in [6, 6.07) is 0. The van der Waals surface area contributed by atoms with E-state index in [1.54, 1.807) is 0 Å². The van der Waals surface area contributed by atoms with Gasteiger partial charge in [-0.15, -0.1) is 5.10 Å². The summed E-state index contributed by atoms with van der Waals surface area (Å²) < 4.78 is 2.65. The standard InChI is InChI=1S/C6H10IN3/c1-4(2)5-8-6(7)9-10(5)3/h4H,1-3H3. The summed E-state index contributed by atoms with van der Waals surface area (Å²) >= 11 is 2.12. The van der Waals surface area contributed by atoms with E-state index in [1.807, 2.05) is 11.7 Å². The van der Waals surface area contributed by atoms with Crippen molar-refractivity contribution in [1.29, 1.82) is 0 Å². The van der Waals surface area contributed by atoms with Gasteiger partial charge in [-0.1, -0.05) is 13.8 Å². The lowest BCUT2D eigenvalue weighted by Gasteiger charge is -2.00. The molecule has 0 saturated carbocycles. The average Bonchev–Trinajstić information content (AvgIpc) is 2.10. The van der Waals surface area contributed by atoms with Gasteiger partial charge in [-0.25, -0.2) is 4.98 Å². The first kappa shape index (κ1) is 7.97. The van der Waals surface area contributed by atoms with E-state index in [0.29, 0.717) is 5.92 Å². The van der Waals surface area contributed by atoms with Crippen molar-refractivity contribution in [3.05, 3.63) is 9.66 Å². The summed E-state index contributed by atoms with van der Waals surface area (Å²) in [5.41, 5.74) is 0. The third kappa shape index (κ3) is 1.47. The molecular weight excluding hydrogens is 241 g/mol. The van der Waals surface area contributed by atoms with Gasteiger partial charge in [-0.05, 0) is 0 Å². The zero-order chi connectivity index (χ0) is 7.72. The van der Waals surface area contributed by atoms with E-state index < -0.39 is 0 Å². The molecule has 0 aliphatic heterocycles. The summed E-state index contributed by atoms with van der Waals surface area (Å²) in [5.74, 6) is 1.51. The molecule has 1 aromatic rings. The third-order valence-corrected chi connectivity index (χ3v) is 1.74. The first-order valence-corrected chi connectivity index (χ1v) is 4.25. The Balaban J connectivity index is 3.03. The zero-order valence-corrected chi connectivity index (χ0v) is 8.45. The first-order chi connectivity index (χ1) is 4.61. The highest BCUT2D eigenvalue weighted by Crippen LogP contribution is 2.10. The normalized spacial score (nSPS) is 10.9. The van der Waals surface area contributed by atoms with Gasteiger partial charge in [0.05, 0.1) is 0 Å². The lowest BCUT2D eigenvalue weighted by Crippen LogP contribution is -2.00. The van der Waals surface area contributed by atoms with E-state index in [9.17, 15) is 0 Å². The van der Waals surface area contributed by atoms with Crippen LogP contribution >= 0.6 is 22.6 Å². The predicted molar refractivity (Wildman–Crippen MR) is 47.8 cm³/mol. The number of hydrogen-bond acceptors (Lipinski definition) is 2. The molecule has 0 aliphatic rings. The minimum absolute atomic E-state index is 0.459. The molecule has 4 heteroatoms. The van der Waals surface area contributed by atoms with Crippen LogP contribution in [0.4, 0.5) is 0 Å². The van der Waals surface area contributed by atoms with E-state index in [1.165, 1.54) is 0 Å². The van der Waals surface area contributed by atoms with Crippen LogP contribution < -0.4 is 0 Å². The smallest absolute Gasteiger partial charge is 0.211 e. The highest BCUT2D eigenvalue weighted by molar-refractivity contribution is 14.1. The molecule has 0 bridgehead atoms. The maximum absolute atomic E-state index is 4.25. The van der Waals surface area contributed by atoms with E-state index in [4.69, 9.17) is 0 Å². The molecule has 0 radical (unpaired) electrons. The van der Waals surface area contributed by atoms with Crippen LogP contribution in [0.25, 0.3) is 0 Å². The largest absolute Gasteiger partial charge is 0.252 e. The van der Waals surface area contributed by atoms with Crippen molar-refractivity contribution in [2.75, 3.05) is 0 Å². The maximum atomic E-state index is 4.25. The second-order valence-corrected chi connectivity index (χ2v) is 3.48. The fourth-order valence-corrected chi connectivity index (χ4v) is 1.44. The molecule has 0 amide bonds. The Labute approximate surface area is 74.0 Å². The van der Waals surface area contributed by atoms with Gasteiger partial charge in [0, 0.05) is 35.6 Å². The number of aryl methyl sites for hydroxylation is 1. The predicted octanol–water partition coefficient (Wildman–Crippen LogP) is 1.54. The van der Waals surface area contributed by atoms with Gasteiger partial charge in [0.2, 0.25) is 3.83 Å². The molecule has 0 unspecified atom stereocenters. The third-order valence-electron chi connectivity index (χ3n) is 1.29. The molecule has 0 aromatic carbocycles. The number of nitrogens with zero attached hydrogens (tertiary/aromatic N) is 3. The summed E-state index contributed by atoms with van der Waals surface area (Å²) in [4.78, 5) is 4.25. The van der Waals surface area contributed by atoms with Crippen LogP contribution in [0, 0.1) is 3.83 Å². The van der Waals surface area contributed by atoms with Crippen LogP contribution in [0.5, 0.6) is 0 Å². The highest BCUT2D eigenvalue weighted by atomic mass is 127. The monoisotopic (exact) mass is 251 g/mol. The number of hydrogen-bond donors (Lipinski definition) is 0. The Morgan fingerprint density at radius 3 is 2.30 bits per heavy atom. The van der Waals surface area contributed by atoms with Crippen molar-refractivity contribution in [2.45, 2.75) is 19.8 Å². The van der Waals surface area contributed by atoms with Crippen LogP contribution in [0.3, 0.4) is 0 Å². The van der Waals surface area contributed by atoms with E-state index in [-0.39, 0.29) is 0 Å². The van der Waals surface area contributed by atoms with Crippen molar-refractivity contribution in [3.63, 3.8) is 0 Å². The van der Waals surface area contributed by atoms with E-state index in [0.717, 1.165) is 9.66 Å². The molecule has 0 aliphatic carbocycles. The number of aromatic nitrogens is 3. The SMILES string of the molecule is CC(C)c1nc(I)nn1C. The number of halogens is 1. The Morgan fingerprint density at radius 1 is 1.50 bits per heavy atom. The Kier molecular flexibility index (Phi) is 2.28. The lowest BCUT2D eigenvalue weighted by atomic mass is 10.2. The zero-order valence-electron chi connectivity index (χ0n) is 6.30. The molecule has 1 rings (SSSR count). The molecule has 0 saturated heterocycles. The fourth-order valence-electron chi connectivity index (χ4n) is 0.867. The van der Waals surface area contributed by atoms with Gasteiger partial charge in [0.25, 0.3) is 0 Å². The topological polar surface area (TPSA) is 30.7 Å². The molecule has 1 heterocycles. The van der Waals surface area contributed by atoms with Crippen LogP contribution in [-0.4, -0.2) is 14.8 Å². The van der Waals surface area contributed by atoms with Crippen LogP contribution in [0.15, 0.2) is 0 Å². The molecule has 10 heavy (non-hydrogen) atoms. The Bertz CT molecular complexity index is 229. The summed E-state index contributed by atoms with van der Waals surface area (Å²) in [6.45, 7) is 4.22. The van der Waals surface area contributed by atoms with Gasteiger partial charge in [0.1, 0.15) is 5.82 Å². The molecule has 0 spiro atoms. The second kappa shape index (κ2) is 2.86. The molecular formula is C6H10IN3. The van der Waals surface area contributed by atoms with Gasteiger partial charge < -0.3 is 0 Å². The molecule has 3 nitrogen and oxygen atoms in total. The van der Waals surface area contributed by atoms with Crippen molar-refractivity contribution >= 4 is 22.6 Å². The van der Waals surface area contributed by atoms with Crippen molar-refractivity contribution < 1.29 is 0 Å². The Hall–Kier alpha value is -0.130. The first-order valence-electron chi connectivity index (χ1n) is 3.17. The molecule has 0 N–H and O–H groups in total. The van der Waals surface area contributed by atoms with Crippen LogP contribution in [-0.2, 0) is 7.05 Å². The molecule has 56 valence electrons. The summed E-state index contributed by atoms with van der Waals surface area (Å²) in [5, 5.41) is 4.12. The summed E-state index contributed by atoms with van der Waals surface area (Å²) in [7, 11) is 1.92. The molecule has 0 fully saturated rings.